The number of likely N-dealkylation sites (N-methyl/N-ethyl adjacent to an activating group) is 1. The average molecular weight is 627 g/mol. The molecule has 1 aliphatic heterocycles. The molecule has 4 aromatic rings. The Morgan fingerprint density at radius 2 is 1.89 bits per heavy atom. The largest absolute Gasteiger partial charge is 0.493 e. The first-order valence-electron chi connectivity index (χ1n) is 15.7. The van der Waals surface area contributed by atoms with Gasteiger partial charge in [-0.15, -0.1) is 0 Å². The number of nitrogens with zero attached hydrogens (tertiary/aromatic N) is 4. The Hall–Kier alpha value is -4.48. The molecule has 1 atom stereocenters. The number of carbonyl (C=O) groups excluding carboxylic acids is 2. The second-order valence-electron chi connectivity index (χ2n) is 12.5. The van der Waals surface area contributed by atoms with E-state index in [1.54, 1.807) is 26.2 Å². The van der Waals surface area contributed by atoms with Crippen molar-refractivity contribution < 1.29 is 23.8 Å². The zero-order valence-electron chi connectivity index (χ0n) is 27.0. The van der Waals surface area contributed by atoms with Crippen LogP contribution in [0.4, 0.5) is 5.69 Å². The zero-order chi connectivity index (χ0) is 32.3. The summed E-state index contributed by atoms with van der Waals surface area (Å²) in [7, 11) is 6.64. The fourth-order valence-electron chi connectivity index (χ4n) is 6.28. The highest BCUT2D eigenvalue weighted by atomic mass is 16.5. The first-order chi connectivity index (χ1) is 22.3. The molecule has 11 nitrogen and oxygen atoms in total. The number of nitrogens with one attached hydrogen (secondary N) is 2. The first kappa shape index (κ1) is 31.5. The van der Waals surface area contributed by atoms with E-state index in [1.165, 1.54) is 12.8 Å². The number of methoxy groups -OCH3 is 3. The second kappa shape index (κ2) is 13.5. The van der Waals surface area contributed by atoms with Gasteiger partial charge >= 0.3 is 0 Å². The topological polar surface area (TPSA) is 122 Å². The van der Waals surface area contributed by atoms with Crippen molar-refractivity contribution >= 4 is 28.4 Å². The molecule has 2 fully saturated rings. The van der Waals surface area contributed by atoms with Crippen molar-refractivity contribution in [3.05, 3.63) is 66.0 Å². The molecule has 11 heteroatoms. The van der Waals surface area contributed by atoms with Crippen LogP contribution in [0, 0.1) is 5.41 Å². The minimum absolute atomic E-state index is 0.00740. The van der Waals surface area contributed by atoms with E-state index < -0.39 is 5.41 Å². The SMILES string of the molecule is COC[C@@]1(C(=O)Nc2ccc3[nH]nc(-c4ccnc(C5CC5)c4)c3c2)CCN(CC(=O)N(C)CCc2ccc(OC)c(OC)c2)C1. The summed E-state index contributed by atoms with van der Waals surface area (Å²) in [6, 6.07) is 15.7. The number of H-pyrrole nitrogens is 1. The van der Waals surface area contributed by atoms with E-state index in [9.17, 15) is 9.59 Å². The highest BCUT2D eigenvalue weighted by molar-refractivity contribution is 6.00. The van der Waals surface area contributed by atoms with E-state index in [0.717, 1.165) is 33.4 Å². The number of aromatic nitrogens is 3. The molecule has 0 bridgehead atoms. The summed E-state index contributed by atoms with van der Waals surface area (Å²) in [5, 5.41) is 11.8. The number of amides is 2. The lowest BCUT2D eigenvalue weighted by Crippen LogP contribution is -2.44. The number of carbonyl (C=O) groups is 2. The maximum Gasteiger partial charge on any atom is 0.236 e. The van der Waals surface area contributed by atoms with Gasteiger partial charge in [-0.25, -0.2) is 0 Å². The molecule has 3 heterocycles. The summed E-state index contributed by atoms with van der Waals surface area (Å²) >= 11 is 0. The Bertz CT molecular complexity index is 1720. The van der Waals surface area contributed by atoms with Crippen LogP contribution in [-0.2, 0) is 20.7 Å². The summed E-state index contributed by atoms with van der Waals surface area (Å²) in [5.41, 5.74) is 4.81. The summed E-state index contributed by atoms with van der Waals surface area (Å²) in [4.78, 5) is 35.3. The van der Waals surface area contributed by atoms with E-state index in [0.29, 0.717) is 55.6 Å². The maximum atomic E-state index is 13.8. The fraction of sp³-hybridized carbons (Fsp3) is 0.429. The van der Waals surface area contributed by atoms with Crippen LogP contribution in [0.25, 0.3) is 22.2 Å². The molecule has 0 radical (unpaired) electrons. The monoisotopic (exact) mass is 626 g/mol. The van der Waals surface area contributed by atoms with E-state index >= 15 is 0 Å². The number of ether oxygens (including phenoxy) is 3. The minimum Gasteiger partial charge on any atom is -0.493 e. The first-order valence-corrected chi connectivity index (χ1v) is 15.7. The maximum absolute atomic E-state index is 13.8. The van der Waals surface area contributed by atoms with Crippen molar-refractivity contribution in [2.45, 2.75) is 31.6 Å². The van der Waals surface area contributed by atoms with Crippen LogP contribution in [0.2, 0.25) is 0 Å². The van der Waals surface area contributed by atoms with Gasteiger partial charge in [0.1, 0.15) is 5.69 Å². The predicted molar refractivity (Wildman–Crippen MR) is 176 cm³/mol. The zero-order valence-corrected chi connectivity index (χ0v) is 27.0. The van der Waals surface area contributed by atoms with Crippen LogP contribution >= 0.6 is 0 Å². The van der Waals surface area contributed by atoms with Gasteiger partial charge in [-0.3, -0.25) is 24.6 Å². The van der Waals surface area contributed by atoms with Gasteiger partial charge in [0, 0.05) is 61.7 Å². The molecule has 2 N–H and O–H groups in total. The number of hydrogen-bond donors (Lipinski definition) is 2. The van der Waals surface area contributed by atoms with Gasteiger partial charge in [-0.05, 0) is 80.3 Å². The van der Waals surface area contributed by atoms with Gasteiger partial charge in [0.2, 0.25) is 11.8 Å². The highest BCUT2D eigenvalue weighted by Gasteiger charge is 2.45. The van der Waals surface area contributed by atoms with Crippen LogP contribution < -0.4 is 14.8 Å². The number of aromatic amines is 1. The number of fused-ring (bicyclic) bond motifs is 1. The highest BCUT2D eigenvalue weighted by Crippen LogP contribution is 2.40. The van der Waals surface area contributed by atoms with Crippen molar-refractivity contribution in [3.63, 3.8) is 0 Å². The van der Waals surface area contributed by atoms with Crippen molar-refractivity contribution in [3.8, 4) is 22.8 Å². The molecular weight excluding hydrogens is 584 g/mol. The molecule has 2 aliphatic rings. The minimum atomic E-state index is -0.772. The van der Waals surface area contributed by atoms with E-state index in [-0.39, 0.29) is 25.0 Å². The van der Waals surface area contributed by atoms with Crippen molar-refractivity contribution in [2.24, 2.45) is 5.41 Å². The molecule has 2 aromatic heterocycles. The summed E-state index contributed by atoms with van der Waals surface area (Å²) in [5.74, 6) is 1.78. The van der Waals surface area contributed by atoms with E-state index in [2.05, 4.69) is 26.6 Å². The molecule has 1 saturated carbocycles. The summed E-state index contributed by atoms with van der Waals surface area (Å²) in [6.07, 6.45) is 5.48. The average Bonchev–Trinajstić information content (AvgIpc) is 3.72. The molecule has 2 amide bonds. The molecule has 1 aliphatic carbocycles. The van der Waals surface area contributed by atoms with Gasteiger partial charge in [0.15, 0.2) is 11.5 Å². The van der Waals surface area contributed by atoms with Crippen molar-refractivity contribution in [1.82, 2.24) is 25.0 Å². The third-order valence-corrected chi connectivity index (χ3v) is 9.17. The Kier molecular flexibility index (Phi) is 9.23. The summed E-state index contributed by atoms with van der Waals surface area (Å²) in [6.45, 7) is 2.12. The third kappa shape index (κ3) is 6.70. The van der Waals surface area contributed by atoms with Gasteiger partial charge in [0.05, 0.1) is 38.3 Å². The standard InChI is InChI=1S/C35H42N6O5/c1-40(15-12-23-5-10-30(45-3)31(17-23)46-4)32(42)20-41-16-13-35(21-41,22-44-2)34(43)37-26-8-9-28-27(19-26)33(39-38-28)25-11-14-36-29(18-25)24-6-7-24/h5,8-11,14,17-19,24H,6-7,12-13,15-16,20-22H2,1-4H3,(H,37,43)(H,38,39)/t35-/m1/s1. The Balaban J connectivity index is 1.09. The van der Waals surface area contributed by atoms with Crippen LogP contribution in [0.1, 0.15) is 36.4 Å². The number of benzene rings is 2. The van der Waals surface area contributed by atoms with Crippen LogP contribution in [0.3, 0.4) is 0 Å². The van der Waals surface area contributed by atoms with E-state index in [1.807, 2.05) is 60.6 Å². The molecule has 6 rings (SSSR count). The lowest BCUT2D eigenvalue weighted by molar-refractivity contribution is -0.132. The number of hydrogen-bond acceptors (Lipinski definition) is 8. The molecule has 2 aromatic carbocycles. The predicted octanol–water partition coefficient (Wildman–Crippen LogP) is 4.50. The van der Waals surface area contributed by atoms with Crippen LogP contribution in [0.15, 0.2) is 54.7 Å². The van der Waals surface area contributed by atoms with E-state index in [4.69, 9.17) is 14.2 Å². The number of likely N-dealkylation sites (tertiary alicyclic amines) is 1. The van der Waals surface area contributed by atoms with Gasteiger partial charge in [-0.1, -0.05) is 6.07 Å². The van der Waals surface area contributed by atoms with Crippen LogP contribution in [0.5, 0.6) is 11.5 Å². The fourth-order valence-corrected chi connectivity index (χ4v) is 6.28. The molecular formula is C35H42N6O5. The Labute approximate surface area is 269 Å². The van der Waals surface area contributed by atoms with Crippen LogP contribution in [-0.4, -0.2) is 98.0 Å². The van der Waals surface area contributed by atoms with Crippen molar-refractivity contribution in [2.75, 3.05) is 66.5 Å². The van der Waals surface area contributed by atoms with Gasteiger partial charge in [-0.2, -0.15) is 5.10 Å². The molecule has 0 spiro atoms. The molecule has 1 saturated heterocycles. The smallest absolute Gasteiger partial charge is 0.236 e. The number of anilines is 1. The lowest BCUT2D eigenvalue weighted by atomic mass is 9.87. The number of pyridine rings is 1. The molecule has 46 heavy (non-hydrogen) atoms. The Morgan fingerprint density at radius 1 is 1.07 bits per heavy atom. The van der Waals surface area contributed by atoms with Gasteiger partial charge < -0.3 is 24.4 Å². The van der Waals surface area contributed by atoms with Gasteiger partial charge in [0.25, 0.3) is 0 Å². The third-order valence-electron chi connectivity index (χ3n) is 9.17. The lowest BCUT2D eigenvalue weighted by Gasteiger charge is -2.28. The molecule has 242 valence electrons. The quantitative estimate of drug-likeness (QED) is 0.223. The molecule has 0 unspecified atom stereocenters. The second-order valence-corrected chi connectivity index (χ2v) is 12.5. The van der Waals surface area contributed by atoms with Crippen molar-refractivity contribution in [1.29, 1.82) is 0 Å². The number of rotatable bonds is 13. The Morgan fingerprint density at radius 3 is 2.65 bits per heavy atom. The summed E-state index contributed by atoms with van der Waals surface area (Å²) < 4.78 is 16.3. The normalized spacial score (nSPS) is 18.1.